The molecule has 3 amide bonds. The highest BCUT2D eigenvalue weighted by Crippen LogP contribution is 2.40. The minimum absolute atomic E-state index is 0.0199. The SMILES string of the molecule is C[C@@]1(N2Cc3c(csc3[N+](=O)[O-])C2=O)CCC(=O)NC1=O. The second-order valence-corrected chi connectivity index (χ2v) is 6.09. The minimum atomic E-state index is -1.16. The molecule has 0 bridgehead atoms. The lowest BCUT2D eigenvalue weighted by Gasteiger charge is -2.39. The second kappa shape index (κ2) is 4.35. The highest BCUT2D eigenvalue weighted by molar-refractivity contribution is 7.13. The Morgan fingerprint density at radius 3 is 2.76 bits per heavy atom. The molecule has 0 radical (unpaired) electrons. The summed E-state index contributed by atoms with van der Waals surface area (Å²) in [7, 11) is 0. The molecule has 0 aliphatic carbocycles. The van der Waals surface area contributed by atoms with Crippen LogP contribution in [0.4, 0.5) is 5.00 Å². The van der Waals surface area contributed by atoms with E-state index < -0.39 is 22.3 Å². The van der Waals surface area contributed by atoms with Crippen molar-refractivity contribution in [3.05, 3.63) is 26.6 Å². The molecule has 2 aliphatic rings. The molecule has 1 fully saturated rings. The number of amides is 3. The third-order valence-corrected chi connectivity index (χ3v) is 4.98. The van der Waals surface area contributed by atoms with Gasteiger partial charge in [0.15, 0.2) is 0 Å². The van der Waals surface area contributed by atoms with E-state index in [2.05, 4.69) is 5.32 Å². The van der Waals surface area contributed by atoms with Crippen molar-refractivity contribution < 1.29 is 19.3 Å². The van der Waals surface area contributed by atoms with E-state index in [1.54, 1.807) is 6.92 Å². The molecule has 1 aromatic rings. The predicted octanol–water partition coefficient (Wildman–Crippen LogP) is 0.807. The number of thiophene rings is 1. The Labute approximate surface area is 122 Å². The summed E-state index contributed by atoms with van der Waals surface area (Å²) in [4.78, 5) is 47.5. The molecule has 2 aliphatic heterocycles. The van der Waals surface area contributed by atoms with Gasteiger partial charge in [-0.1, -0.05) is 11.3 Å². The Morgan fingerprint density at radius 1 is 1.43 bits per heavy atom. The van der Waals surface area contributed by atoms with Crippen LogP contribution in [0.3, 0.4) is 0 Å². The molecule has 1 N–H and O–H groups in total. The lowest BCUT2D eigenvalue weighted by molar-refractivity contribution is -0.380. The van der Waals surface area contributed by atoms with Gasteiger partial charge >= 0.3 is 5.00 Å². The van der Waals surface area contributed by atoms with Crippen LogP contribution in [0.5, 0.6) is 0 Å². The van der Waals surface area contributed by atoms with Gasteiger partial charge in [-0.3, -0.25) is 29.8 Å². The van der Waals surface area contributed by atoms with E-state index in [4.69, 9.17) is 0 Å². The summed E-state index contributed by atoms with van der Waals surface area (Å²) in [6, 6.07) is 0. The Morgan fingerprint density at radius 2 is 2.14 bits per heavy atom. The Kier molecular flexibility index (Phi) is 2.84. The molecule has 0 spiro atoms. The van der Waals surface area contributed by atoms with E-state index in [1.165, 1.54) is 10.3 Å². The molecular formula is C12H11N3O5S. The van der Waals surface area contributed by atoms with Crippen LogP contribution in [-0.4, -0.2) is 33.1 Å². The molecule has 0 unspecified atom stereocenters. The van der Waals surface area contributed by atoms with E-state index in [0.29, 0.717) is 5.56 Å². The number of nitrogens with zero attached hydrogens (tertiary/aromatic N) is 2. The van der Waals surface area contributed by atoms with Crippen molar-refractivity contribution in [3.63, 3.8) is 0 Å². The number of fused-ring (bicyclic) bond motifs is 1. The minimum Gasteiger partial charge on any atom is -0.319 e. The van der Waals surface area contributed by atoms with Gasteiger partial charge in [0.1, 0.15) is 5.54 Å². The van der Waals surface area contributed by atoms with Gasteiger partial charge in [0.25, 0.3) is 11.8 Å². The van der Waals surface area contributed by atoms with Crippen molar-refractivity contribution in [2.24, 2.45) is 0 Å². The van der Waals surface area contributed by atoms with E-state index in [0.717, 1.165) is 11.3 Å². The summed E-state index contributed by atoms with van der Waals surface area (Å²) in [6.45, 7) is 1.60. The van der Waals surface area contributed by atoms with Gasteiger partial charge in [-0.25, -0.2) is 0 Å². The van der Waals surface area contributed by atoms with Crippen molar-refractivity contribution in [3.8, 4) is 0 Å². The first-order valence-corrected chi connectivity index (χ1v) is 7.13. The first-order valence-electron chi connectivity index (χ1n) is 6.25. The Hall–Kier alpha value is -2.29. The summed E-state index contributed by atoms with van der Waals surface area (Å²) in [5, 5.41) is 14.6. The van der Waals surface area contributed by atoms with Crippen molar-refractivity contribution in [2.75, 3.05) is 0 Å². The van der Waals surface area contributed by atoms with E-state index in [9.17, 15) is 24.5 Å². The van der Waals surface area contributed by atoms with Crippen LogP contribution in [-0.2, 0) is 16.1 Å². The van der Waals surface area contributed by atoms with E-state index >= 15 is 0 Å². The highest BCUT2D eigenvalue weighted by atomic mass is 32.1. The molecule has 1 aromatic heterocycles. The van der Waals surface area contributed by atoms with Crippen LogP contribution < -0.4 is 5.32 Å². The number of carbonyl (C=O) groups excluding carboxylic acids is 3. The lowest BCUT2D eigenvalue weighted by atomic mass is 9.89. The summed E-state index contributed by atoms with van der Waals surface area (Å²) < 4.78 is 0. The van der Waals surface area contributed by atoms with Crippen molar-refractivity contribution in [1.82, 2.24) is 10.2 Å². The fourth-order valence-electron chi connectivity index (χ4n) is 2.68. The van der Waals surface area contributed by atoms with Crippen molar-refractivity contribution >= 4 is 34.1 Å². The number of hydrogen-bond donors (Lipinski definition) is 1. The smallest absolute Gasteiger partial charge is 0.319 e. The lowest BCUT2D eigenvalue weighted by Crippen LogP contribution is -2.61. The standard InChI is InChI=1S/C12H11N3O5S/c1-12(3-2-8(16)13-11(12)18)14-4-6-7(9(14)17)5-21-10(6)15(19)20/h5H,2-4H2,1H3,(H,13,16,18)/t12-/m1/s1. The zero-order valence-corrected chi connectivity index (χ0v) is 11.9. The zero-order valence-electron chi connectivity index (χ0n) is 11.0. The molecular weight excluding hydrogens is 298 g/mol. The van der Waals surface area contributed by atoms with Crippen molar-refractivity contribution in [1.29, 1.82) is 0 Å². The van der Waals surface area contributed by atoms with Crippen LogP contribution in [0, 0.1) is 10.1 Å². The maximum absolute atomic E-state index is 12.4. The number of piperidine rings is 1. The fourth-order valence-corrected chi connectivity index (χ4v) is 3.56. The second-order valence-electron chi connectivity index (χ2n) is 5.23. The molecule has 9 heteroatoms. The average molecular weight is 309 g/mol. The highest BCUT2D eigenvalue weighted by Gasteiger charge is 2.50. The van der Waals surface area contributed by atoms with E-state index in [-0.39, 0.29) is 35.9 Å². The van der Waals surface area contributed by atoms with Crippen LogP contribution in [0.2, 0.25) is 0 Å². The van der Waals surface area contributed by atoms with Crippen molar-refractivity contribution in [2.45, 2.75) is 31.8 Å². The van der Waals surface area contributed by atoms with Gasteiger partial charge in [-0.2, -0.15) is 0 Å². The number of rotatable bonds is 2. The zero-order chi connectivity index (χ0) is 15.4. The average Bonchev–Trinajstić information content (AvgIpc) is 2.96. The summed E-state index contributed by atoms with van der Waals surface area (Å²) in [5.74, 6) is -1.31. The predicted molar refractivity (Wildman–Crippen MR) is 71.6 cm³/mol. The molecule has 1 atom stereocenters. The van der Waals surface area contributed by atoms with E-state index in [1.807, 2.05) is 0 Å². The number of nitrogens with one attached hydrogen (secondary N) is 1. The number of imide groups is 1. The number of carbonyl (C=O) groups is 3. The normalized spacial score (nSPS) is 25.0. The van der Waals surface area contributed by atoms with Gasteiger partial charge < -0.3 is 4.90 Å². The molecule has 3 heterocycles. The van der Waals surface area contributed by atoms with Gasteiger partial charge in [0.2, 0.25) is 5.91 Å². The van der Waals surface area contributed by atoms with Gasteiger partial charge in [0.05, 0.1) is 22.6 Å². The maximum atomic E-state index is 12.4. The molecule has 3 rings (SSSR count). The van der Waals surface area contributed by atoms with Gasteiger partial charge in [-0.15, -0.1) is 0 Å². The number of hydrogen-bond acceptors (Lipinski definition) is 6. The number of nitro groups is 1. The first kappa shape index (κ1) is 13.7. The Balaban J connectivity index is 1.96. The first-order chi connectivity index (χ1) is 9.84. The molecule has 0 aromatic carbocycles. The molecule has 1 saturated heterocycles. The third kappa shape index (κ3) is 1.84. The largest absolute Gasteiger partial charge is 0.329 e. The van der Waals surface area contributed by atoms with Gasteiger partial charge in [-0.05, 0) is 13.3 Å². The van der Waals surface area contributed by atoms with Crippen LogP contribution in [0.25, 0.3) is 0 Å². The quantitative estimate of drug-likeness (QED) is 0.494. The monoisotopic (exact) mass is 309 g/mol. The summed E-state index contributed by atoms with van der Waals surface area (Å²) in [5.41, 5.74) is -0.534. The molecule has 8 nitrogen and oxygen atoms in total. The summed E-state index contributed by atoms with van der Waals surface area (Å²) in [6.07, 6.45) is 0.353. The fraction of sp³-hybridized carbons (Fsp3) is 0.417. The van der Waals surface area contributed by atoms with Gasteiger partial charge in [0, 0.05) is 11.8 Å². The van der Waals surface area contributed by atoms with Crippen LogP contribution >= 0.6 is 11.3 Å². The van der Waals surface area contributed by atoms with Crippen LogP contribution in [0.15, 0.2) is 5.38 Å². The topological polar surface area (TPSA) is 110 Å². The Bertz CT molecular complexity index is 697. The summed E-state index contributed by atoms with van der Waals surface area (Å²) >= 11 is 0.911. The third-order valence-electron chi connectivity index (χ3n) is 4.01. The maximum Gasteiger partial charge on any atom is 0.329 e. The molecule has 110 valence electrons. The molecule has 0 saturated carbocycles. The van der Waals surface area contributed by atoms with Crippen LogP contribution in [0.1, 0.15) is 35.7 Å². The molecule has 21 heavy (non-hydrogen) atoms.